The van der Waals surface area contributed by atoms with Crippen LogP contribution in [0.15, 0.2) is 54.7 Å². The van der Waals surface area contributed by atoms with Crippen LogP contribution in [0.3, 0.4) is 0 Å². The maximum Gasteiger partial charge on any atom is 0.272 e. The average Bonchev–Trinajstić information content (AvgIpc) is 2.61. The molecule has 2 aromatic rings. The first-order valence-electron chi connectivity index (χ1n) is 8.74. The van der Waals surface area contributed by atoms with Gasteiger partial charge in [0.1, 0.15) is 5.69 Å². The molecular weight excluding hydrogens is 330 g/mol. The van der Waals surface area contributed by atoms with E-state index in [0.29, 0.717) is 18.8 Å². The lowest BCUT2D eigenvalue weighted by Gasteiger charge is -2.70. The minimum absolute atomic E-state index is 0.0189. The van der Waals surface area contributed by atoms with Gasteiger partial charge in [0.25, 0.3) is 5.91 Å². The van der Waals surface area contributed by atoms with E-state index in [2.05, 4.69) is 4.98 Å². The van der Waals surface area contributed by atoms with Crippen LogP contribution in [0.25, 0.3) is 0 Å². The summed E-state index contributed by atoms with van der Waals surface area (Å²) in [5.74, 6) is -0.175. The predicted molar refractivity (Wildman–Crippen MR) is 95.4 cm³/mol. The van der Waals surface area contributed by atoms with E-state index >= 15 is 0 Å². The van der Waals surface area contributed by atoms with Gasteiger partial charge < -0.3 is 14.9 Å². The Morgan fingerprint density at radius 2 is 1.85 bits per heavy atom. The number of pyridine rings is 1. The van der Waals surface area contributed by atoms with Gasteiger partial charge >= 0.3 is 0 Å². The summed E-state index contributed by atoms with van der Waals surface area (Å²) in [6.07, 6.45) is 1.60. The molecule has 6 heteroatoms. The first-order valence-corrected chi connectivity index (χ1v) is 8.74. The molecule has 2 aliphatic rings. The fourth-order valence-electron chi connectivity index (χ4n) is 4.59. The standard InChI is InChI=1S/C20H21N3O3/c1-14(25)23-17(11-24)18(15-7-3-2-4-8-15)20(23)12-22(13-20)19(26)16-9-5-6-10-21-16/h2-10,17-18,24H,11-13H2,1H3/t17-,18+/m1/s1. The molecule has 1 aromatic heterocycles. The number of benzene rings is 1. The molecule has 4 rings (SSSR count). The zero-order chi connectivity index (χ0) is 18.3. The molecule has 0 saturated carbocycles. The zero-order valence-electron chi connectivity index (χ0n) is 14.6. The number of rotatable bonds is 3. The van der Waals surface area contributed by atoms with E-state index in [4.69, 9.17) is 0 Å². The van der Waals surface area contributed by atoms with Crippen molar-refractivity contribution in [3.8, 4) is 0 Å². The van der Waals surface area contributed by atoms with Crippen molar-refractivity contribution in [3.05, 3.63) is 66.0 Å². The first-order chi connectivity index (χ1) is 12.6. The molecule has 2 aliphatic heterocycles. The van der Waals surface area contributed by atoms with Crippen LogP contribution in [-0.4, -0.2) is 63.0 Å². The molecule has 0 radical (unpaired) electrons. The third-order valence-electron chi connectivity index (χ3n) is 5.56. The van der Waals surface area contributed by atoms with Crippen LogP contribution in [-0.2, 0) is 4.79 Å². The highest BCUT2D eigenvalue weighted by Crippen LogP contribution is 2.53. The molecule has 1 aromatic carbocycles. The van der Waals surface area contributed by atoms with Crippen molar-refractivity contribution in [3.63, 3.8) is 0 Å². The number of likely N-dealkylation sites (tertiary alicyclic amines) is 2. The van der Waals surface area contributed by atoms with Crippen LogP contribution < -0.4 is 0 Å². The predicted octanol–water partition coefficient (Wildman–Crippen LogP) is 1.28. The summed E-state index contributed by atoms with van der Waals surface area (Å²) in [5.41, 5.74) is 1.06. The molecule has 1 N–H and O–H groups in total. The number of carbonyl (C=O) groups is 2. The number of aromatic nitrogens is 1. The lowest BCUT2D eigenvalue weighted by molar-refractivity contribution is -0.191. The van der Waals surface area contributed by atoms with Gasteiger partial charge in [0.2, 0.25) is 5.91 Å². The van der Waals surface area contributed by atoms with Gasteiger partial charge in [-0.05, 0) is 17.7 Å². The number of hydrogen-bond donors (Lipinski definition) is 1. The van der Waals surface area contributed by atoms with Gasteiger partial charge in [-0.15, -0.1) is 0 Å². The Bertz CT molecular complexity index is 819. The van der Waals surface area contributed by atoms with Crippen LogP contribution in [0.4, 0.5) is 0 Å². The van der Waals surface area contributed by atoms with Crippen LogP contribution in [0.2, 0.25) is 0 Å². The quantitative estimate of drug-likeness (QED) is 0.904. The van der Waals surface area contributed by atoms with Crippen molar-refractivity contribution in [1.82, 2.24) is 14.8 Å². The SMILES string of the molecule is CC(=O)N1[C@H](CO)[C@H](c2ccccc2)C12CN(C(=O)c1ccccn1)C2. The molecule has 1 spiro atoms. The Balaban J connectivity index is 1.61. The largest absolute Gasteiger partial charge is 0.394 e. The molecular formula is C20H21N3O3. The summed E-state index contributed by atoms with van der Waals surface area (Å²) in [5, 5.41) is 9.86. The normalized spacial score (nSPS) is 23.3. The van der Waals surface area contributed by atoms with E-state index in [-0.39, 0.29) is 30.4 Å². The van der Waals surface area contributed by atoms with Crippen molar-refractivity contribution in [2.75, 3.05) is 19.7 Å². The van der Waals surface area contributed by atoms with Gasteiger partial charge in [-0.1, -0.05) is 36.4 Å². The molecule has 2 fully saturated rings. The van der Waals surface area contributed by atoms with Crippen LogP contribution in [0, 0.1) is 0 Å². The summed E-state index contributed by atoms with van der Waals surface area (Å²) in [6.45, 7) is 2.35. The second-order valence-electron chi connectivity index (χ2n) is 7.01. The Hall–Kier alpha value is -2.73. The third kappa shape index (κ3) is 2.33. The summed E-state index contributed by atoms with van der Waals surface area (Å²) < 4.78 is 0. The van der Waals surface area contributed by atoms with Gasteiger partial charge in [0.05, 0.1) is 18.2 Å². The minimum Gasteiger partial charge on any atom is -0.394 e. The molecule has 2 atom stereocenters. The molecule has 134 valence electrons. The van der Waals surface area contributed by atoms with E-state index in [1.807, 2.05) is 30.3 Å². The third-order valence-corrected chi connectivity index (χ3v) is 5.56. The first kappa shape index (κ1) is 16.7. The van der Waals surface area contributed by atoms with Crippen LogP contribution in [0.5, 0.6) is 0 Å². The molecule has 0 aliphatic carbocycles. The van der Waals surface area contributed by atoms with Gasteiger partial charge in [0, 0.05) is 32.1 Å². The second-order valence-corrected chi connectivity index (χ2v) is 7.01. The van der Waals surface area contributed by atoms with E-state index in [1.54, 1.807) is 34.2 Å². The number of hydrogen-bond acceptors (Lipinski definition) is 4. The van der Waals surface area contributed by atoms with Gasteiger partial charge in [-0.2, -0.15) is 0 Å². The van der Waals surface area contributed by atoms with E-state index in [0.717, 1.165) is 5.56 Å². The van der Waals surface area contributed by atoms with Crippen molar-refractivity contribution in [2.24, 2.45) is 0 Å². The van der Waals surface area contributed by atoms with Crippen LogP contribution in [0.1, 0.15) is 28.9 Å². The lowest BCUT2D eigenvalue weighted by atomic mass is 9.60. The molecule has 3 heterocycles. The number of carbonyl (C=O) groups excluding carboxylic acids is 2. The fraction of sp³-hybridized carbons (Fsp3) is 0.350. The highest BCUT2D eigenvalue weighted by molar-refractivity contribution is 5.93. The molecule has 2 saturated heterocycles. The Kier molecular flexibility index (Phi) is 4.00. The maximum atomic E-state index is 12.6. The number of aliphatic hydroxyl groups excluding tert-OH is 1. The Morgan fingerprint density at radius 3 is 2.42 bits per heavy atom. The average molecular weight is 351 g/mol. The van der Waals surface area contributed by atoms with Gasteiger partial charge in [-0.25, -0.2) is 0 Å². The Morgan fingerprint density at radius 1 is 1.15 bits per heavy atom. The molecule has 2 amide bonds. The summed E-state index contributed by atoms with van der Waals surface area (Å²) in [6, 6.07) is 14.9. The van der Waals surface area contributed by atoms with Crippen molar-refractivity contribution in [2.45, 2.75) is 24.4 Å². The van der Waals surface area contributed by atoms with Crippen molar-refractivity contribution < 1.29 is 14.7 Å². The summed E-state index contributed by atoms with van der Waals surface area (Å²) in [4.78, 5) is 32.5. The van der Waals surface area contributed by atoms with E-state index in [9.17, 15) is 14.7 Å². The fourth-order valence-corrected chi connectivity index (χ4v) is 4.59. The lowest BCUT2D eigenvalue weighted by Crippen LogP contribution is -2.85. The molecule has 0 unspecified atom stereocenters. The minimum atomic E-state index is -0.439. The monoisotopic (exact) mass is 351 g/mol. The van der Waals surface area contributed by atoms with E-state index < -0.39 is 5.54 Å². The topological polar surface area (TPSA) is 73.7 Å². The molecule has 0 bridgehead atoms. The number of amides is 2. The molecule has 26 heavy (non-hydrogen) atoms. The summed E-state index contributed by atoms with van der Waals surface area (Å²) >= 11 is 0. The smallest absolute Gasteiger partial charge is 0.272 e. The molecule has 6 nitrogen and oxygen atoms in total. The maximum absolute atomic E-state index is 12.6. The zero-order valence-corrected chi connectivity index (χ0v) is 14.6. The van der Waals surface area contributed by atoms with Crippen molar-refractivity contribution >= 4 is 11.8 Å². The van der Waals surface area contributed by atoms with Crippen LogP contribution >= 0.6 is 0 Å². The Labute approximate surface area is 152 Å². The number of nitrogens with zero attached hydrogens (tertiary/aromatic N) is 3. The highest BCUT2D eigenvalue weighted by atomic mass is 16.3. The summed E-state index contributed by atoms with van der Waals surface area (Å²) in [7, 11) is 0. The van der Waals surface area contributed by atoms with Gasteiger partial charge in [-0.3, -0.25) is 14.6 Å². The second kappa shape index (κ2) is 6.21. The van der Waals surface area contributed by atoms with Gasteiger partial charge in [0.15, 0.2) is 0 Å². The van der Waals surface area contributed by atoms with E-state index in [1.165, 1.54) is 6.92 Å². The van der Waals surface area contributed by atoms with Crippen molar-refractivity contribution in [1.29, 1.82) is 0 Å². The number of aliphatic hydroxyl groups is 1. The highest BCUT2D eigenvalue weighted by Gasteiger charge is 2.67.